The van der Waals surface area contributed by atoms with Crippen molar-refractivity contribution in [1.29, 1.82) is 10.5 Å². The largest absolute Gasteiger partial charge is 0.330 e. The third kappa shape index (κ3) is 4.25. The van der Waals surface area contributed by atoms with E-state index in [4.69, 9.17) is 15.4 Å². The van der Waals surface area contributed by atoms with Crippen LogP contribution in [0.2, 0.25) is 0 Å². The molecule has 0 radical (unpaired) electrons. The van der Waals surface area contributed by atoms with Gasteiger partial charge in [-0.15, -0.1) is 0 Å². The number of halogens is 1. The van der Waals surface area contributed by atoms with E-state index in [-0.39, 0.29) is 23.4 Å². The minimum absolute atomic E-state index is 0.0548. The Morgan fingerprint density at radius 2 is 1.85 bits per heavy atom. The first-order valence-electron chi connectivity index (χ1n) is 11.6. The highest BCUT2D eigenvalue weighted by atomic mass is 19.1. The highest BCUT2D eigenvalue weighted by Gasteiger charge is 2.37. The van der Waals surface area contributed by atoms with E-state index < -0.39 is 5.82 Å². The van der Waals surface area contributed by atoms with E-state index >= 15 is 0 Å². The molecule has 3 aromatic rings. The van der Waals surface area contributed by atoms with Gasteiger partial charge in [0.2, 0.25) is 5.91 Å². The summed E-state index contributed by atoms with van der Waals surface area (Å²) in [6, 6.07) is 13.5. The molecule has 2 aliphatic rings. The molecule has 0 spiro atoms. The predicted octanol–water partition coefficient (Wildman–Crippen LogP) is 4.63. The average Bonchev–Trinajstić information content (AvgIpc) is 3.51. The third-order valence-electron chi connectivity index (χ3n) is 6.96. The summed E-state index contributed by atoms with van der Waals surface area (Å²) in [6.07, 6.45) is 5.78. The van der Waals surface area contributed by atoms with Gasteiger partial charge in [0, 0.05) is 18.9 Å². The lowest BCUT2D eigenvalue weighted by Gasteiger charge is -2.32. The Morgan fingerprint density at radius 3 is 2.62 bits per heavy atom. The average molecular weight is 458 g/mol. The maximum atomic E-state index is 14.0. The van der Waals surface area contributed by atoms with Crippen LogP contribution >= 0.6 is 0 Å². The van der Waals surface area contributed by atoms with Crippen LogP contribution in [0.4, 0.5) is 4.39 Å². The minimum atomic E-state index is -0.482. The van der Waals surface area contributed by atoms with Crippen molar-refractivity contribution in [1.82, 2.24) is 14.6 Å². The van der Waals surface area contributed by atoms with Gasteiger partial charge in [0.05, 0.1) is 53.3 Å². The van der Waals surface area contributed by atoms with Gasteiger partial charge in [0.25, 0.3) is 0 Å². The molecule has 2 heterocycles. The fourth-order valence-corrected chi connectivity index (χ4v) is 5.19. The number of nitriles is 2. The number of fused-ring (bicyclic) bond motifs is 1. The number of amides is 1. The smallest absolute Gasteiger partial charge is 0.249 e. The lowest BCUT2D eigenvalue weighted by atomic mass is 9.81. The first-order chi connectivity index (χ1) is 16.6. The van der Waals surface area contributed by atoms with Crippen LogP contribution < -0.4 is 0 Å². The van der Waals surface area contributed by atoms with Gasteiger partial charge in [-0.2, -0.15) is 10.5 Å². The summed E-state index contributed by atoms with van der Waals surface area (Å²) in [5.74, 6) is -0.224. The number of carbonyl (C=O) groups is 1. The standard InChI is InChI=1S/C26H24FN5O2/c27-22-10-19(14-29)9-21(12-22)24-7-8-34-32(24)26(33)20-4-1-17(2-5-20)15-31-16-30-23-11-18(13-28)3-6-25(23)31/h3,6,9-12,16-17,20,24H,1-2,4-5,7-8,15H2/t17?,20?,24-/m0/s1. The molecule has 1 saturated carbocycles. The molecule has 1 saturated heterocycles. The van der Waals surface area contributed by atoms with Crippen molar-refractivity contribution in [3.8, 4) is 12.1 Å². The number of aromatic nitrogens is 2. The van der Waals surface area contributed by atoms with Crippen LogP contribution in [0.15, 0.2) is 42.7 Å². The molecule has 2 fully saturated rings. The Hall–Kier alpha value is -3.75. The molecule has 2 aromatic carbocycles. The molecule has 1 aliphatic carbocycles. The van der Waals surface area contributed by atoms with Crippen LogP contribution in [-0.4, -0.2) is 27.1 Å². The highest BCUT2D eigenvalue weighted by molar-refractivity contribution is 5.79. The van der Waals surface area contributed by atoms with Gasteiger partial charge in [0.15, 0.2) is 0 Å². The van der Waals surface area contributed by atoms with Crippen molar-refractivity contribution in [3.63, 3.8) is 0 Å². The van der Waals surface area contributed by atoms with Crippen molar-refractivity contribution < 1.29 is 14.0 Å². The minimum Gasteiger partial charge on any atom is -0.330 e. The number of nitrogens with zero attached hydrogens (tertiary/aromatic N) is 5. The van der Waals surface area contributed by atoms with Crippen molar-refractivity contribution >= 4 is 16.9 Å². The SMILES string of the molecule is N#Cc1cc(F)cc([C@@H]2CCON2C(=O)C2CCC(Cn3cnc4cc(C#N)ccc43)CC2)c1. The zero-order valence-electron chi connectivity index (χ0n) is 18.7. The second-order valence-electron chi connectivity index (χ2n) is 9.12. The van der Waals surface area contributed by atoms with E-state index in [1.165, 1.54) is 17.2 Å². The van der Waals surface area contributed by atoms with Gasteiger partial charge < -0.3 is 4.57 Å². The van der Waals surface area contributed by atoms with Gasteiger partial charge in [-0.1, -0.05) is 0 Å². The van der Waals surface area contributed by atoms with Gasteiger partial charge >= 0.3 is 0 Å². The van der Waals surface area contributed by atoms with E-state index in [9.17, 15) is 9.18 Å². The molecule has 0 bridgehead atoms. The molecule has 0 unspecified atom stereocenters. The summed E-state index contributed by atoms with van der Waals surface area (Å²) in [5.41, 5.74) is 3.27. The van der Waals surface area contributed by atoms with Crippen molar-refractivity contribution in [2.75, 3.05) is 6.61 Å². The van der Waals surface area contributed by atoms with Gasteiger partial charge in [0.1, 0.15) is 5.82 Å². The molecular weight excluding hydrogens is 433 g/mol. The summed E-state index contributed by atoms with van der Waals surface area (Å²) in [7, 11) is 0. The fourth-order valence-electron chi connectivity index (χ4n) is 5.19. The van der Waals surface area contributed by atoms with E-state index in [0.717, 1.165) is 43.3 Å². The molecule has 1 aliphatic heterocycles. The quantitative estimate of drug-likeness (QED) is 0.569. The Kier molecular flexibility index (Phi) is 6.00. The normalized spacial score (nSPS) is 22.4. The lowest BCUT2D eigenvalue weighted by molar-refractivity contribution is -0.183. The molecule has 8 heteroatoms. The van der Waals surface area contributed by atoms with E-state index in [1.807, 2.05) is 18.5 Å². The Bertz CT molecular complexity index is 1310. The predicted molar refractivity (Wildman–Crippen MR) is 121 cm³/mol. The van der Waals surface area contributed by atoms with Crippen LogP contribution in [0.3, 0.4) is 0 Å². The van der Waals surface area contributed by atoms with Crippen LogP contribution in [-0.2, 0) is 16.2 Å². The van der Waals surface area contributed by atoms with Crippen LogP contribution in [0.5, 0.6) is 0 Å². The summed E-state index contributed by atoms with van der Waals surface area (Å²) < 4.78 is 16.1. The molecule has 5 rings (SSSR count). The number of hydroxylamine groups is 2. The second-order valence-corrected chi connectivity index (χ2v) is 9.12. The number of hydrogen-bond acceptors (Lipinski definition) is 5. The fraction of sp³-hybridized carbons (Fsp3) is 0.385. The highest BCUT2D eigenvalue weighted by Crippen LogP contribution is 2.37. The van der Waals surface area contributed by atoms with Crippen LogP contribution in [0, 0.1) is 40.3 Å². The molecule has 172 valence electrons. The number of benzene rings is 2. The van der Waals surface area contributed by atoms with Crippen molar-refractivity contribution in [3.05, 3.63) is 65.2 Å². The summed E-state index contributed by atoms with van der Waals surface area (Å²) in [5, 5.41) is 19.6. The van der Waals surface area contributed by atoms with E-state index in [2.05, 4.69) is 15.6 Å². The number of hydrogen-bond donors (Lipinski definition) is 0. The third-order valence-corrected chi connectivity index (χ3v) is 6.96. The van der Waals surface area contributed by atoms with Crippen LogP contribution in [0.25, 0.3) is 11.0 Å². The molecule has 34 heavy (non-hydrogen) atoms. The van der Waals surface area contributed by atoms with Gasteiger partial charge in [-0.25, -0.2) is 14.4 Å². The number of carbonyl (C=O) groups excluding carboxylic acids is 1. The maximum Gasteiger partial charge on any atom is 0.249 e. The zero-order valence-corrected chi connectivity index (χ0v) is 18.7. The van der Waals surface area contributed by atoms with E-state index in [1.54, 1.807) is 18.2 Å². The van der Waals surface area contributed by atoms with Crippen molar-refractivity contribution in [2.24, 2.45) is 11.8 Å². The first-order valence-corrected chi connectivity index (χ1v) is 11.6. The molecule has 1 amide bonds. The van der Waals surface area contributed by atoms with E-state index in [0.29, 0.717) is 30.1 Å². The summed E-state index contributed by atoms with van der Waals surface area (Å²) >= 11 is 0. The van der Waals surface area contributed by atoms with Crippen molar-refractivity contribution in [2.45, 2.75) is 44.7 Å². The lowest BCUT2D eigenvalue weighted by Crippen LogP contribution is -2.37. The molecule has 1 atom stereocenters. The summed E-state index contributed by atoms with van der Waals surface area (Å²) in [4.78, 5) is 23.4. The first kappa shape index (κ1) is 22.1. The van der Waals surface area contributed by atoms with Gasteiger partial charge in [-0.05, 0) is 73.6 Å². The molecular formula is C26H24FN5O2. The van der Waals surface area contributed by atoms with Crippen LogP contribution in [0.1, 0.15) is 54.8 Å². The molecule has 7 nitrogen and oxygen atoms in total. The summed E-state index contributed by atoms with van der Waals surface area (Å²) in [6.45, 7) is 1.22. The molecule has 0 N–H and O–H groups in total. The Morgan fingerprint density at radius 1 is 1.06 bits per heavy atom. The number of rotatable bonds is 4. The Balaban J connectivity index is 1.22. The Labute approximate surface area is 196 Å². The topological polar surface area (TPSA) is 94.9 Å². The number of imidazole rings is 1. The van der Waals surface area contributed by atoms with Gasteiger partial charge in [-0.3, -0.25) is 9.63 Å². The zero-order chi connectivity index (χ0) is 23.7. The maximum absolute atomic E-state index is 14.0. The molecule has 1 aromatic heterocycles. The monoisotopic (exact) mass is 457 g/mol. The second kappa shape index (κ2) is 9.24.